The molecule has 0 saturated carbocycles. The van der Waals surface area contributed by atoms with Crippen LogP contribution in [0.25, 0.3) is 0 Å². The van der Waals surface area contributed by atoms with Crippen molar-refractivity contribution in [1.29, 1.82) is 0 Å². The molecule has 0 radical (unpaired) electrons. The third-order valence-corrected chi connectivity index (χ3v) is 5.21. The molecule has 0 spiro atoms. The van der Waals surface area contributed by atoms with Gasteiger partial charge in [0.1, 0.15) is 0 Å². The maximum atomic E-state index is 5.71. The molecule has 104 valence electrons. The van der Waals surface area contributed by atoms with Crippen molar-refractivity contribution in [2.45, 2.75) is 82.6 Å². The summed E-state index contributed by atoms with van der Waals surface area (Å²) in [7, 11) is 0. The fraction of sp³-hybridized carbons (Fsp3) is 1.00. The van der Waals surface area contributed by atoms with E-state index in [0.717, 1.165) is 30.8 Å². The predicted molar refractivity (Wildman–Crippen MR) is 73.8 cm³/mol. The molecule has 0 aromatic rings. The van der Waals surface area contributed by atoms with Crippen LogP contribution in [-0.2, 0) is 4.74 Å². The molecule has 4 atom stereocenters. The van der Waals surface area contributed by atoms with Gasteiger partial charge in [-0.25, -0.2) is 0 Å². The van der Waals surface area contributed by atoms with Crippen molar-refractivity contribution in [2.24, 2.45) is 0 Å². The van der Waals surface area contributed by atoms with Crippen molar-refractivity contribution in [1.82, 2.24) is 10.2 Å². The van der Waals surface area contributed by atoms with Crippen molar-refractivity contribution in [3.05, 3.63) is 0 Å². The third-order valence-electron chi connectivity index (χ3n) is 5.21. The van der Waals surface area contributed by atoms with Gasteiger partial charge in [-0.2, -0.15) is 0 Å². The Kier molecular flexibility index (Phi) is 3.92. The molecule has 3 heteroatoms. The van der Waals surface area contributed by atoms with E-state index in [1.165, 1.54) is 45.1 Å². The molecule has 0 amide bonds. The van der Waals surface area contributed by atoms with Gasteiger partial charge in [0.15, 0.2) is 0 Å². The molecule has 3 rings (SSSR count). The van der Waals surface area contributed by atoms with Crippen LogP contribution in [0.15, 0.2) is 0 Å². The molecule has 3 fully saturated rings. The Bertz CT molecular complexity index is 272. The molecule has 0 aliphatic carbocycles. The molecule has 0 aromatic heterocycles. The van der Waals surface area contributed by atoms with Crippen LogP contribution in [0.1, 0.15) is 52.4 Å². The normalized spacial score (nSPS) is 44.5. The summed E-state index contributed by atoms with van der Waals surface area (Å²) in [6.07, 6.45) is 8.47. The van der Waals surface area contributed by atoms with Crippen molar-refractivity contribution in [2.75, 3.05) is 13.2 Å². The fourth-order valence-electron chi connectivity index (χ4n) is 4.39. The third kappa shape index (κ3) is 2.59. The summed E-state index contributed by atoms with van der Waals surface area (Å²) in [5.41, 5.74) is 0. The number of nitrogens with zero attached hydrogens (tertiary/aromatic N) is 1. The lowest BCUT2D eigenvalue weighted by atomic mass is 9.93. The number of hydrogen-bond donors (Lipinski definition) is 1. The summed E-state index contributed by atoms with van der Waals surface area (Å²) in [6.45, 7) is 6.73. The average Bonchev–Trinajstić information content (AvgIpc) is 2.70. The Balaban J connectivity index is 1.64. The number of nitrogens with one attached hydrogen (secondary N) is 1. The van der Waals surface area contributed by atoms with E-state index >= 15 is 0 Å². The maximum Gasteiger partial charge on any atom is 0.0561 e. The van der Waals surface area contributed by atoms with E-state index in [2.05, 4.69) is 24.1 Å². The maximum absolute atomic E-state index is 5.71. The highest BCUT2D eigenvalue weighted by atomic mass is 16.5. The van der Waals surface area contributed by atoms with Crippen LogP contribution in [0, 0.1) is 0 Å². The van der Waals surface area contributed by atoms with Gasteiger partial charge in [-0.05, 0) is 52.0 Å². The molecule has 1 N–H and O–H groups in total. The Labute approximate surface area is 111 Å². The van der Waals surface area contributed by atoms with Gasteiger partial charge in [-0.15, -0.1) is 0 Å². The van der Waals surface area contributed by atoms with E-state index in [-0.39, 0.29) is 0 Å². The molecule has 4 unspecified atom stereocenters. The number of hydrogen-bond acceptors (Lipinski definition) is 3. The van der Waals surface area contributed by atoms with E-state index in [4.69, 9.17) is 4.74 Å². The Hall–Kier alpha value is -0.120. The van der Waals surface area contributed by atoms with Crippen LogP contribution in [-0.4, -0.2) is 48.3 Å². The van der Waals surface area contributed by atoms with Crippen LogP contribution < -0.4 is 5.32 Å². The molecule has 2 bridgehead atoms. The Morgan fingerprint density at radius 3 is 2.39 bits per heavy atom. The first-order valence-electron chi connectivity index (χ1n) is 7.89. The average molecular weight is 252 g/mol. The van der Waals surface area contributed by atoms with Crippen molar-refractivity contribution < 1.29 is 4.74 Å². The second kappa shape index (κ2) is 5.48. The molecule has 3 aliphatic rings. The van der Waals surface area contributed by atoms with Crippen LogP contribution >= 0.6 is 0 Å². The summed E-state index contributed by atoms with van der Waals surface area (Å²) >= 11 is 0. The van der Waals surface area contributed by atoms with Gasteiger partial charge < -0.3 is 10.1 Å². The predicted octanol–water partition coefficient (Wildman–Crippen LogP) is 2.16. The Morgan fingerprint density at radius 2 is 1.78 bits per heavy atom. The second-order valence-electron chi connectivity index (χ2n) is 6.45. The minimum atomic E-state index is 0.455. The van der Waals surface area contributed by atoms with E-state index in [1.54, 1.807) is 0 Å². The molecule has 3 saturated heterocycles. The largest absolute Gasteiger partial charge is 0.378 e. The first-order valence-corrected chi connectivity index (χ1v) is 7.89. The summed E-state index contributed by atoms with van der Waals surface area (Å²) in [6, 6.07) is 3.20. The second-order valence-corrected chi connectivity index (χ2v) is 6.45. The van der Waals surface area contributed by atoms with Crippen LogP contribution in [0.2, 0.25) is 0 Å². The lowest BCUT2D eigenvalue weighted by Crippen LogP contribution is -2.53. The van der Waals surface area contributed by atoms with Crippen molar-refractivity contribution in [3.8, 4) is 0 Å². The summed E-state index contributed by atoms with van der Waals surface area (Å²) < 4.78 is 5.71. The zero-order valence-electron chi connectivity index (χ0n) is 11.9. The van der Waals surface area contributed by atoms with Gasteiger partial charge in [0.25, 0.3) is 0 Å². The van der Waals surface area contributed by atoms with Gasteiger partial charge in [0.2, 0.25) is 0 Å². The minimum absolute atomic E-state index is 0.455. The van der Waals surface area contributed by atoms with Gasteiger partial charge in [-0.1, -0.05) is 6.92 Å². The van der Waals surface area contributed by atoms with E-state index in [0.29, 0.717) is 6.10 Å². The first kappa shape index (κ1) is 12.9. The SMILES string of the molecule is CCN(C1CC2CCC(C1)N2)C1CCOC(C)C1. The van der Waals surface area contributed by atoms with Gasteiger partial charge in [0, 0.05) is 30.8 Å². The van der Waals surface area contributed by atoms with Crippen LogP contribution in [0.4, 0.5) is 0 Å². The van der Waals surface area contributed by atoms with Crippen LogP contribution in [0.3, 0.4) is 0 Å². The first-order chi connectivity index (χ1) is 8.76. The lowest BCUT2D eigenvalue weighted by Gasteiger charge is -2.44. The number of piperidine rings is 1. The van der Waals surface area contributed by atoms with E-state index in [9.17, 15) is 0 Å². The van der Waals surface area contributed by atoms with E-state index < -0.39 is 0 Å². The monoisotopic (exact) mass is 252 g/mol. The Morgan fingerprint density at radius 1 is 1.06 bits per heavy atom. The quantitative estimate of drug-likeness (QED) is 0.833. The lowest BCUT2D eigenvalue weighted by molar-refractivity contribution is -0.0321. The molecule has 0 aromatic carbocycles. The fourth-order valence-corrected chi connectivity index (χ4v) is 4.39. The molecule has 3 heterocycles. The van der Waals surface area contributed by atoms with Gasteiger partial charge in [0.05, 0.1) is 6.10 Å². The molecule has 3 nitrogen and oxygen atoms in total. The smallest absolute Gasteiger partial charge is 0.0561 e. The number of ether oxygens (including phenoxy) is 1. The summed E-state index contributed by atoms with van der Waals surface area (Å²) in [5, 5.41) is 3.76. The molecule has 18 heavy (non-hydrogen) atoms. The number of fused-ring (bicyclic) bond motifs is 2. The summed E-state index contributed by atoms with van der Waals surface area (Å²) in [5.74, 6) is 0. The number of rotatable bonds is 3. The summed E-state index contributed by atoms with van der Waals surface area (Å²) in [4.78, 5) is 2.80. The molecule has 3 aliphatic heterocycles. The van der Waals surface area contributed by atoms with Gasteiger partial charge >= 0.3 is 0 Å². The molecular formula is C15H28N2O. The van der Waals surface area contributed by atoms with Crippen molar-refractivity contribution in [3.63, 3.8) is 0 Å². The highest BCUT2D eigenvalue weighted by molar-refractivity contribution is 4.97. The molecular weight excluding hydrogens is 224 g/mol. The minimum Gasteiger partial charge on any atom is -0.378 e. The van der Waals surface area contributed by atoms with E-state index in [1.807, 2.05) is 0 Å². The highest BCUT2D eigenvalue weighted by Crippen LogP contribution is 2.32. The van der Waals surface area contributed by atoms with Gasteiger partial charge in [-0.3, -0.25) is 4.90 Å². The van der Waals surface area contributed by atoms with Crippen LogP contribution in [0.5, 0.6) is 0 Å². The van der Waals surface area contributed by atoms with Crippen molar-refractivity contribution >= 4 is 0 Å². The zero-order valence-corrected chi connectivity index (χ0v) is 11.9. The topological polar surface area (TPSA) is 24.5 Å². The standard InChI is InChI=1S/C15H28N2O/c1-3-17(14-6-7-18-11(2)8-14)15-9-12-4-5-13(10-15)16-12/h11-16H,3-10H2,1-2H3. The zero-order chi connectivity index (χ0) is 12.5. The highest BCUT2D eigenvalue weighted by Gasteiger charge is 2.38.